The van der Waals surface area contributed by atoms with Gasteiger partial charge in [0.25, 0.3) is 0 Å². The number of hydrogen-bond acceptors (Lipinski definition) is 3. The minimum Gasteiger partial charge on any atom is -0.451 e. The highest BCUT2D eigenvalue weighted by molar-refractivity contribution is 5.90. The molecular weight excluding hydrogens is 339 g/mol. The van der Waals surface area contributed by atoms with Crippen LogP contribution in [0.2, 0.25) is 0 Å². The molecule has 1 amide bonds. The number of carbonyl (C=O) groups excluding carboxylic acids is 1. The second-order valence-corrected chi connectivity index (χ2v) is 6.24. The minimum atomic E-state index is -0.428. The highest BCUT2D eigenvalue weighted by atomic mass is 16.5. The molecule has 4 rings (SSSR count). The molecule has 0 saturated carbocycles. The number of aromatic nitrogens is 1. The molecule has 136 valence electrons. The van der Waals surface area contributed by atoms with Crippen molar-refractivity contribution in [1.82, 2.24) is 9.47 Å². The third kappa shape index (κ3) is 3.08. The summed E-state index contributed by atoms with van der Waals surface area (Å²) in [4.78, 5) is 14.1. The van der Waals surface area contributed by atoms with E-state index in [2.05, 4.69) is 0 Å². The zero-order chi connectivity index (χ0) is 18.8. The fourth-order valence-electron chi connectivity index (χ4n) is 2.96. The molecule has 2 heterocycles. The van der Waals surface area contributed by atoms with Crippen molar-refractivity contribution < 1.29 is 14.3 Å². The van der Waals surface area contributed by atoms with Crippen molar-refractivity contribution in [2.45, 2.75) is 6.92 Å². The largest absolute Gasteiger partial charge is 0.451 e. The molecule has 1 aliphatic rings. The maximum Gasteiger partial charge on any atom is 0.415 e. The average molecular weight is 359 g/mol. The number of ether oxygens (including phenoxy) is 2. The van der Waals surface area contributed by atoms with Crippen molar-refractivity contribution >= 4 is 17.6 Å². The quantitative estimate of drug-likeness (QED) is 0.676. The lowest BCUT2D eigenvalue weighted by Gasteiger charge is -2.18. The van der Waals surface area contributed by atoms with Crippen LogP contribution in [0, 0.1) is 0 Å². The predicted octanol–water partition coefficient (Wildman–Crippen LogP) is 4.78. The summed E-state index contributed by atoms with van der Waals surface area (Å²) in [6.07, 6.45) is 1.51. The number of hydrogen-bond donors (Lipinski definition) is 0. The Bertz CT molecular complexity index is 1010. The lowest BCUT2D eigenvalue weighted by molar-refractivity contribution is 0.155. The molecule has 0 saturated heterocycles. The van der Waals surface area contributed by atoms with Gasteiger partial charge in [-0.1, -0.05) is 42.5 Å². The first-order valence-corrected chi connectivity index (χ1v) is 8.86. The topological polar surface area (TPSA) is 43.7 Å². The molecule has 0 N–H and O–H groups in total. The summed E-state index contributed by atoms with van der Waals surface area (Å²) in [6.45, 7) is 2.45. The van der Waals surface area contributed by atoms with Crippen LogP contribution in [0.1, 0.15) is 18.2 Å². The van der Waals surface area contributed by atoms with E-state index < -0.39 is 6.09 Å². The van der Waals surface area contributed by atoms with E-state index in [1.807, 2.05) is 84.4 Å². The van der Waals surface area contributed by atoms with E-state index in [-0.39, 0.29) is 0 Å². The lowest BCUT2D eigenvalue weighted by Crippen LogP contribution is -2.27. The number of fused-ring (bicyclic) bond motifs is 3. The van der Waals surface area contributed by atoms with Crippen LogP contribution in [-0.4, -0.2) is 29.2 Å². The molecule has 0 atom stereocenters. The van der Waals surface area contributed by atoms with Gasteiger partial charge in [-0.25, -0.2) is 4.79 Å². The van der Waals surface area contributed by atoms with Crippen LogP contribution in [0.25, 0.3) is 17.2 Å². The number of carbonyl (C=O) groups is 1. The molecule has 3 aromatic rings. The van der Waals surface area contributed by atoms with Crippen LogP contribution in [0.4, 0.5) is 4.79 Å². The molecule has 0 unspecified atom stereocenters. The van der Waals surface area contributed by atoms with E-state index in [0.717, 1.165) is 16.9 Å². The summed E-state index contributed by atoms with van der Waals surface area (Å²) >= 11 is 0. The maximum atomic E-state index is 12.5. The van der Waals surface area contributed by atoms with Gasteiger partial charge in [0, 0.05) is 25.4 Å². The van der Waals surface area contributed by atoms with Crippen LogP contribution in [-0.2, 0) is 4.74 Å². The zero-order valence-corrected chi connectivity index (χ0v) is 15.3. The standard InChI is InChI=1S/C22H20N2O3/c1-3-23(2)22(25)27-21-18-13-9-15-24(18)17-12-7-8-14-19(17)26-20(21)16-10-5-4-6-11-16/h4-15H,3H2,1-2H3/i22-1. The molecule has 1 aliphatic heterocycles. The van der Waals surface area contributed by atoms with E-state index in [0.29, 0.717) is 23.8 Å². The molecule has 0 spiro atoms. The van der Waals surface area contributed by atoms with Crippen LogP contribution < -0.4 is 4.74 Å². The van der Waals surface area contributed by atoms with Gasteiger partial charge in [0.2, 0.25) is 0 Å². The Labute approximate surface area is 158 Å². The predicted molar refractivity (Wildman–Crippen MR) is 104 cm³/mol. The van der Waals surface area contributed by atoms with E-state index in [1.54, 1.807) is 7.05 Å². The van der Waals surface area contributed by atoms with E-state index in [4.69, 9.17) is 9.47 Å². The highest BCUT2D eigenvalue weighted by Crippen LogP contribution is 2.38. The van der Waals surface area contributed by atoms with Gasteiger partial charge in [0.05, 0.1) is 11.4 Å². The number of rotatable bonds is 3. The van der Waals surface area contributed by atoms with Crippen LogP contribution in [0.3, 0.4) is 0 Å². The van der Waals surface area contributed by atoms with Gasteiger partial charge in [-0.15, -0.1) is 0 Å². The van der Waals surface area contributed by atoms with Crippen molar-refractivity contribution in [3.05, 3.63) is 84.2 Å². The average Bonchev–Trinajstić information content (AvgIpc) is 3.15. The Morgan fingerprint density at radius 3 is 2.56 bits per heavy atom. The van der Waals surface area contributed by atoms with Crippen molar-refractivity contribution in [3.63, 3.8) is 0 Å². The SMILES string of the molecule is CCN(C)[11C](=O)OC1=C(c2ccccc2)Oc2ccccc2-n2cccc21. The van der Waals surface area contributed by atoms with Gasteiger partial charge < -0.3 is 18.9 Å². The zero-order valence-electron chi connectivity index (χ0n) is 15.3. The normalized spacial score (nSPS) is 12.5. The summed E-state index contributed by atoms with van der Waals surface area (Å²) in [5, 5.41) is 0. The second-order valence-electron chi connectivity index (χ2n) is 6.24. The molecule has 2 aromatic carbocycles. The Kier molecular flexibility index (Phi) is 4.42. The number of nitrogens with zero attached hydrogens (tertiary/aromatic N) is 2. The third-order valence-corrected chi connectivity index (χ3v) is 4.54. The van der Waals surface area contributed by atoms with Crippen molar-refractivity contribution in [2.24, 2.45) is 0 Å². The van der Waals surface area contributed by atoms with Gasteiger partial charge >= 0.3 is 6.09 Å². The molecular formula is C22H20N2O3. The summed E-state index contributed by atoms with van der Waals surface area (Å²) in [5.74, 6) is 1.61. The first kappa shape index (κ1) is 17.0. The van der Waals surface area contributed by atoms with Crippen LogP contribution in [0.5, 0.6) is 5.75 Å². The molecule has 5 heteroatoms. The molecule has 5 nitrogen and oxygen atoms in total. The van der Waals surface area contributed by atoms with Gasteiger partial charge in [-0.2, -0.15) is 0 Å². The summed E-state index contributed by atoms with van der Waals surface area (Å²) in [6, 6.07) is 21.3. The molecule has 27 heavy (non-hydrogen) atoms. The first-order chi connectivity index (χ1) is 13.2. The summed E-state index contributed by atoms with van der Waals surface area (Å²) in [5.41, 5.74) is 2.49. The molecule has 1 aromatic heterocycles. The summed E-state index contributed by atoms with van der Waals surface area (Å²) < 4.78 is 14.1. The molecule has 0 radical (unpaired) electrons. The van der Waals surface area contributed by atoms with Crippen LogP contribution >= 0.6 is 0 Å². The van der Waals surface area contributed by atoms with E-state index in [9.17, 15) is 4.79 Å². The van der Waals surface area contributed by atoms with Crippen molar-refractivity contribution in [3.8, 4) is 11.4 Å². The first-order valence-electron chi connectivity index (χ1n) is 8.86. The van der Waals surface area contributed by atoms with Crippen LogP contribution in [0.15, 0.2) is 72.9 Å². The van der Waals surface area contributed by atoms with E-state index >= 15 is 0 Å². The van der Waals surface area contributed by atoms with Crippen molar-refractivity contribution in [2.75, 3.05) is 13.6 Å². The Hall–Kier alpha value is -3.47. The lowest BCUT2D eigenvalue weighted by atomic mass is 10.1. The molecule has 0 bridgehead atoms. The molecule has 0 aliphatic carbocycles. The minimum absolute atomic E-state index is 0.396. The Morgan fingerprint density at radius 2 is 1.78 bits per heavy atom. The highest BCUT2D eigenvalue weighted by Gasteiger charge is 2.27. The van der Waals surface area contributed by atoms with Gasteiger partial charge in [-0.3, -0.25) is 0 Å². The third-order valence-electron chi connectivity index (χ3n) is 4.54. The monoisotopic (exact) mass is 359 g/mol. The fourth-order valence-corrected chi connectivity index (χ4v) is 2.96. The fraction of sp³-hybridized carbons (Fsp3) is 0.136. The van der Waals surface area contributed by atoms with Gasteiger partial charge in [-0.05, 0) is 31.2 Å². The summed E-state index contributed by atoms with van der Waals surface area (Å²) in [7, 11) is 1.70. The number of benzene rings is 2. The van der Waals surface area contributed by atoms with Gasteiger partial charge in [0.15, 0.2) is 17.3 Å². The number of amides is 1. The Balaban J connectivity index is 1.93. The second kappa shape index (κ2) is 7.03. The van der Waals surface area contributed by atoms with Gasteiger partial charge in [0.1, 0.15) is 0 Å². The molecule has 0 fully saturated rings. The Morgan fingerprint density at radius 1 is 1.04 bits per heavy atom. The smallest absolute Gasteiger partial charge is 0.415 e. The van der Waals surface area contributed by atoms with E-state index in [1.165, 1.54) is 4.90 Å². The number of para-hydroxylation sites is 2. The van der Waals surface area contributed by atoms with Crippen molar-refractivity contribution in [1.29, 1.82) is 0 Å². The maximum absolute atomic E-state index is 12.5.